The molecule has 0 aromatic carbocycles. The van der Waals surface area contributed by atoms with Crippen LogP contribution in [-0.4, -0.2) is 21.5 Å². The zero-order chi connectivity index (χ0) is 13.1. The maximum Gasteiger partial charge on any atom is 0.0704 e. The normalized spacial score (nSPS) is 18.5. The lowest BCUT2D eigenvalue weighted by molar-refractivity contribution is 0.441. The van der Waals surface area contributed by atoms with Crippen LogP contribution in [0.1, 0.15) is 35.7 Å². The molecule has 1 aliphatic rings. The second-order valence-electron chi connectivity index (χ2n) is 4.85. The number of nitrogens with one attached hydrogen (secondary N) is 1. The first-order valence-corrected chi connectivity index (χ1v) is 8.29. The molecule has 1 N–H and O–H groups in total. The van der Waals surface area contributed by atoms with Crippen molar-refractivity contribution < 1.29 is 0 Å². The highest BCUT2D eigenvalue weighted by molar-refractivity contribution is 9.11. The van der Waals surface area contributed by atoms with Crippen LogP contribution in [0.15, 0.2) is 22.2 Å². The summed E-state index contributed by atoms with van der Waals surface area (Å²) >= 11 is 5.49. The minimum atomic E-state index is 0.530. The zero-order valence-corrected chi connectivity index (χ0v) is 13.1. The summed E-state index contributed by atoms with van der Waals surface area (Å²) in [5.74, 6) is 0. The van der Waals surface area contributed by atoms with E-state index in [9.17, 15) is 0 Å². The van der Waals surface area contributed by atoms with Gasteiger partial charge in [-0.15, -0.1) is 16.4 Å². The number of rotatable bonds is 5. The SMILES string of the molecule is Brc1cc2c(s1)CCCC2NCCCn1ccnn1. The number of halogens is 1. The molecule has 2 aromatic heterocycles. The van der Waals surface area contributed by atoms with Gasteiger partial charge < -0.3 is 5.32 Å². The minimum absolute atomic E-state index is 0.530. The average molecular weight is 341 g/mol. The maximum atomic E-state index is 3.97. The molecule has 2 aromatic rings. The summed E-state index contributed by atoms with van der Waals surface area (Å²) in [6, 6.07) is 2.82. The van der Waals surface area contributed by atoms with Gasteiger partial charge in [-0.1, -0.05) is 5.21 Å². The van der Waals surface area contributed by atoms with Crippen molar-refractivity contribution >= 4 is 27.3 Å². The lowest BCUT2D eigenvalue weighted by atomic mass is 9.94. The topological polar surface area (TPSA) is 42.7 Å². The van der Waals surface area contributed by atoms with Crippen molar-refractivity contribution in [1.29, 1.82) is 0 Å². The van der Waals surface area contributed by atoms with Crippen molar-refractivity contribution in [1.82, 2.24) is 20.3 Å². The van der Waals surface area contributed by atoms with Crippen molar-refractivity contribution in [3.8, 4) is 0 Å². The van der Waals surface area contributed by atoms with Crippen molar-refractivity contribution in [2.24, 2.45) is 0 Å². The molecule has 0 radical (unpaired) electrons. The van der Waals surface area contributed by atoms with E-state index in [1.165, 1.54) is 28.6 Å². The summed E-state index contributed by atoms with van der Waals surface area (Å²) in [5.41, 5.74) is 1.50. The van der Waals surface area contributed by atoms with E-state index >= 15 is 0 Å². The van der Waals surface area contributed by atoms with Crippen molar-refractivity contribution in [2.75, 3.05) is 6.54 Å². The Morgan fingerprint density at radius 3 is 3.32 bits per heavy atom. The molecule has 3 rings (SSSR count). The Balaban J connectivity index is 1.50. The third-order valence-corrected chi connectivity index (χ3v) is 5.22. The van der Waals surface area contributed by atoms with E-state index in [2.05, 4.69) is 37.6 Å². The van der Waals surface area contributed by atoms with Gasteiger partial charge in [0.25, 0.3) is 0 Å². The standard InChI is InChI=1S/C13H17BrN4S/c14-13-9-10-11(3-1-4-12(10)19-13)15-5-2-7-18-8-6-16-17-18/h6,8-9,11,15H,1-5,7H2. The van der Waals surface area contributed by atoms with Gasteiger partial charge in [-0.25, -0.2) is 0 Å². The molecule has 1 unspecified atom stereocenters. The number of hydrogen-bond donors (Lipinski definition) is 1. The van der Waals surface area contributed by atoms with Crippen LogP contribution < -0.4 is 5.32 Å². The first-order chi connectivity index (χ1) is 9.33. The van der Waals surface area contributed by atoms with Crippen LogP contribution in [0.3, 0.4) is 0 Å². The van der Waals surface area contributed by atoms with Crippen LogP contribution in [0.2, 0.25) is 0 Å². The smallest absolute Gasteiger partial charge is 0.0704 e. The lowest BCUT2D eigenvalue weighted by Gasteiger charge is -2.23. The summed E-state index contributed by atoms with van der Waals surface area (Å²) in [4.78, 5) is 1.55. The van der Waals surface area contributed by atoms with Crippen molar-refractivity contribution in [3.05, 3.63) is 32.7 Å². The van der Waals surface area contributed by atoms with Crippen LogP contribution in [0.25, 0.3) is 0 Å². The maximum absolute atomic E-state index is 3.97. The number of aromatic nitrogens is 3. The van der Waals surface area contributed by atoms with Gasteiger partial charge in [0.1, 0.15) is 0 Å². The van der Waals surface area contributed by atoms with Gasteiger partial charge in [0, 0.05) is 23.7 Å². The fourth-order valence-electron chi connectivity index (χ4n) is 2.60. The predicted octanol–water partition coefficient (Wildman–Crippen LogP) is 3.16. The molecule has 0 spiro atoms. The Hall–Kier alpha value is -0.720. The second kappa shape index (κ2) is 6.15. The van der Waals surface area contributed by atoms with Crippen molar-refractivity contribution in [2.45, 2.75) is 38.3 Å². The Morgan fingerprint density at radius 1 is 1.53 bits per heavy atom. The highest BCUT2D eigenvalue weighted by atomic mass is 79.9. The van der Waals surface area contributed by atoms with E-state index in [-0.39, 0.29) is 0 Å². The van der Waals surface area contributed by atoms with Crippen LogP contribution >= 0.6 is 27.3 Å². The lowest BCUT2D eigenvalue weighted by Crippen LogP contribution is -2.25. The van der Waals surface area contributed by atoms with E-state index in [0.717, 1.165) is 19.5 Å². The molecular weight excluding hydrogens is 324 g/mol. The minimum Gasteiger partial charge on any atom is -0.310 e. The van der Waals surface area contributed by atoms with E-state index in [1.54, 1.807) is 11.1 Å². The molecule has 1 aliphatic carbocycles. The van der Waals surface area contributed by atoms with E-state index in [0.29, 0.717) is 6.04 Å². The molecule has 0 bridgehead atoms. The van der Waals surface area contributed by atoms with Crippen LogP contribution in [0.5, 0.6) is 0 Å². The van der Waals surface area contributed by atoms with E-state index in [1.807, 2.05) is 22.2 Å². The number of thiophene rings is 1. The van der Waals surface area contributed by atoms with Crippen LogP contribution in [0, 0.1) is 0 Å². The Kier molecular flexibility index (Phi) is 4.30. The predicted molar refractivity (Wildman–Crippen MR) is 80.3 cm³/mol. The van der Waals surface area contributed by atoms with Gasteiger partial charge in [0.2, 0.25) is 0 Å². The molecule has 1 atom stereocenters. The monoisotopic (exact) mass is 340 g/mol. The molecule has 19 heavy (non-hydrogen) atoms. The third-order valence-electron chi connectivity index (χ3n) is 3.51. The van der Waals surface area contributed by atoms with Gasteiger partial charge in [-0.3, -0.25) is 4.68 Å². The van der Waals surface area contributed by atoms with Crippen molar-refractivity contribution in [3.63, 3.8) is 0 Å². The van der Waals surface area contributed by atoms with Gasteiger partial charge in [0.05, 0.1) is 9.98 Å². The van der Waals surface area contributed by atoms with Gasteiger partial charge in [-0.05, 0) is 59.8 Å². The molecule has 6 heteroatoms. The summed E-state index contributed by atoms with van der Waals surface area (Å²) in [6.07, 6.45) is 8.50. The molecule has 0 saturated heterocycles. The highest BCUT2D eigenvalue weighted by Crippen LogP contribution is 2.37. The summed E-state index contributed by atoms with van der Waals surface area (Å²) < 4.78 is 3.14. The first-order valence-electron chi connectivity index (χ1n) is 6.68. The summed E-state index contributed by atoms with van der Waals surface area (Å²) in [7, 11) is 0. The largest absolute Gasteiger partial charge is 0.310 e. The molecule has 0 fully saturated rings. The Morgan fingerprint density at radius 2 is 2.47 bits per heavy atom. The fourth-order valence-corrected chi connectivity index (χ4v) is 4.42. The van der Waals surface area contributed by atoms with Gasteiger partial charge >= 0.3 is 0 Å². The Bertz CT molecular complexity index is 523. The average Bonchev–Trinajstić information content (AvgIpc) is 3.02. The van der Waals surface area contributed by atoms with E-state index in [4.69, 9.17) is 0 Å². The molecule has 0 aliphatic heterocycles. The number of fused-ring (bicyclic) bond motifs is 1. The molecule has 0 amide bonds. The summed E-state index contributed by atoms with van der Waals surface area (Å²) in [5, 5.41) is 11.5. The Labute approximate surface area is 125 Å². The molecule has 0 saturated carbocycles. The van der Waals surface area contributed by atoms with Gasteiger partial charge in [0.15, 0.2) is 0 Å². The van der Waals surface area contributed by atoms with Crippen LogP contribution in [-0.2, 0) is 13.0 Å². The number of hydrogen-bond acceptors (Lipinski definition) is 4. The second-order valence-corrected chi connectivity index (χ2v) is 7.36. The molecule has 4 nitrogen and oxygen atoms in total. The first kappa shape index (κ1) is 13.3. The van der Waals surface area contributed by atoms with Crippen LogP contribution in [0.4, 0.5) is 0 Å². The zero-order valence-electron chi connectivity index (χ0n) is 10.7. The van der Waals surface area contributed by atoms with Gasteiger partial charge in [-0.2, -0.15) is 0 Å². The quantitative estimate of drug-likeness (QED) is 0.850. The third kappa shape index (κ3) is 3.24. The highest BCUT2D eigenvalue weighted by Gasteiger charge is 2.21. The van der Waals surface area contributed by atoms with E-state index < -0.39 is 0 Å². The number of nitrogens with zero attached hydrogens (tertiary/aromatic N) is 3. The molecule has 2 heterocycles. The molecule has 102 valence electrons. The number of aryl methyl sites for hydroxylation is 2. The fraction of sp³-hybridized carbons (Fsp3) is 0.538. The summed E-state index contributed by atoms with van der Waals surface area (Å²) in [6.45, 7) is 1.96. The molecular formula is C13H17BrN4S.